The van der Waals surface area contributed by atoms with Crippen LogP contribution in [0.15, 0.2) is 0 Å². The molecule has 1 saturated carbocycles. The van der Waals surface area contributed by atoms with Crippen molar-refractivity contribution in [2.75, 3.05) is 20.2 Å². The topological polar surface area (TPSA) is 58.3 Å². The summed E-state index contributed by atoms with van der Waals surface area (Å²) >= 11 is 0. The molecule has 0 amide bonds. The Morgan fingerprint density at radius 2 is 1.64 bits per heavy atom. The normalized spacial score (nSPS) is 16.1. The van der Waals surface area contributed by atoms with Crippen LogP contribution in [0.3, 0.4) is 0 Å². The highest BCUT2D eigenvalue weighted by atomic mass is 16.3. The Morgan fingerprint density at radius 1 is 1.21 bits per heavy atom. The first-order valence-electron chi connectivity index (χ1n) is 5.83. The minimum Gasteiger partial charge on any atom is -0.395 e. The maximum atomic E-state index is 7.75. The van der Waals surface area contributed by atoms with Gasteiger partial charge in [-0.25, -0.2) is 0 Å². The van der Waals surface area contributed by atoms with Crippen LogP contribution in [-0.4, -0.2) is 31.3 Å². The second kappa shape index (κ2) is 15.4. The van der Waals surface area contributed by atoms with Crippen LogP contribution in [0, 0.1) is 0 Å². The molecule has 0 unspecified atom stereocenters. The van der Waals surface area contributed by atoms with E-state index >= 15 is 0 Å². The maximum absolute atomic E-state index is 7.75. The number of aliphatic hydroxyl groups excluding tert-OH is 1. The fraction of sp³-hybridized carbons (Fsp3) is 1.00. The first-order valence-corrected chi connectivity index (χ1v) is 5.83. The van der Waals surface area contributed by atoms with Gasteiger partial charge in [0.25, 0.3) is 0 Å². The van der Waals surface area contributed by atoms with E-state index in [1.807, 2.05) is 13.8 Å². The summed E-state index contributed by atoms with van der Waals surface area (Å²) in [6, 6.07) is 0.837. The third-order valence-corrected chi connectivity index (χ3v) is 2.14. The van der Waals surface area contributed by atoms with Crippen molar-refractivity contribution in [3.8, 4) is 0 Å². The molecule has 0 aliphatic heterocycles. The van der Waals surface area contributed by atoms with Gasteiger partial charge in [-0.05, 0) is 19.9 Å². The summed E-state index contributed by atoms with van der Waals surface area (Å²) in [7, 11) is 2.07. The van der Waals surface area contributed by atoms with Crippen molar-refractivity contribution in [1.82, 2.24) is 5.32 Å². The fourth-order valence-electron chi connectivity index (χ4n) is 1.39. The quantitative estimate of drug-likeness (QED) is 0.639. The number of nitrogens with one attached hydrogen (secondary N) is 1. The first kappa shape index (κ1) is 16.3. The average Bonchev–Trinajstić information content (AvgIpc) is 2.33. The Labute approximate surface area is 89.1 Å². The minimum absolute atomic E-state index is 0.0972. The van der Waals surface area contributed by atoms with Crippen molar-refractivity contribution in [1.29, 1.82) is 0 Å². The molecular weight excluding hydrogens is 176 g/mol. The summed E-state index contributed by atoms with van der Waals surface area (Å²) in [4.78, 5) is 0. The van der Waals surface area contributed by atoms with Crippen molar-refractivity contribution >= 4 is 0 Å². The van der Waals surface area contributed by atoms with E-state index in [-0.39, 0.29) is 6.61 Å². The Morgan fingerprint density at radius 3 is 1.86 bits per heavy atom. The third kappa shape index (κ3) is 11.9. The molecule has 0 saturated heterocycles. The molecule has 0 aromatic carbocycles. The van der Waals surface area contributed by atoms with Crippen molar-refractivity contribution < 1.29 is 5.11 Å². The molecule has 0 heterocycles. The summed E-state index contributed by atoms with van der Waals surface area (Å²) in [5, 5.41) is 11.1. The van der Waals surface area contributed by atoms with E-state index in [9.17, 15) is 0 Å². The van der Waals surface area contributed by atoms with E-state index in [0.29, 0.717) is 6.54 Å². The molecule has 1 fully saturated rings. The molecule has 1 aliphatic carbocycles. The lowest BCUT2D eigenvalue weighted by Crippen LogP contribution is -2.26. The van der Waals surface area contributed by atoms with Gasteiger partial charge in [0.1, 0.15) is 0 Å². The van der Waals surface area contributed by atoms with E-state index in [1.165, 1.54) is 32.1 Å². The van der Waals surface area contributed by atoms with E-state index in [0.717, 1.165) is 6.04 Å². The minimum atomic E-state index is 0.0972. The fourth-order valence-corrected chi connectivity index (χ4v) is 1.39. The van der Waals surface area contributed by atoms with Gasteiger partial charge in [-0.2, -0.15) is 0 Å². The van der Waals surface area contributed by atoms with E-state index in [4.69, 9.17) is 10.8 Å². The molecule has 1 rings (SSSR count). The molecule has 0 atom stereocenters. The Balaban J connectivity index is 0. The molecule has 14 heavy (non-hydrogen) atoms. The Hall–Kier alpha value is -0.120. The lowest BCUT2D eigenvalue weighted by molar-refractivity contribution is 0.306. The van der Waals surface area contributed by atoms with E-state index in [2.05, 4.69) is 12.4 Å². The van der Waals surface area contributed by atoms with Crippen molar-refractivity contribution in [3.05, 3.63) is 0 Å². The van der Waals surface area contributed by atoms with Crippen LogP contribution in [0.5, 0.6) is 0 Å². The monoisotopic (exact) mass is 204 g/mol. The summed E-state index contributed by atoms with van der Waals surface area (Å²) in [5.41, 5.74) is 4.78. The lowest BCUT2D eigenvalue weighted by Gasteiger charge is -2.20. The van der Waals surface area contributed by atoms with Crippen molar-refractivity contribution in [2.24, 2.45) is 5.73 Å². The van der Waals surface area contributed by atoms with Crippen LogP contribution in [0.2, 0.25) is 0 Å². The van der Waals surface area contributed by atoms with Gasteiger partial charge < -0.3 is 16.2 Å². The molecule has 3 nitrogen and oxygen atoms in total. The van der Waals surface area contributed by atoms with Gasteiger partial charge in [-0.15, -0.1) is 0 Å². The molecular formula is C11H28N2O. The zero-order valence-electron chi connectivity index (χ0n) is 10.1. The largest absolute Gasteiger partial charge is 0.395 e. The second-order valence-corrected chi connectivity index (χ2v) is 3.14. The van der Waals surface area contributed by atoms with Gasteiger partial charge in [0.15, 0.2) is 0 Å². The third-order valence-electron chi connectivity index (χ3n) is 2.14. The van der Waals surface area contributed by atoms with Crippen molar-refractivity contribution in [2.45, 2.75) is 52.0 Å². The number of nitrogens with two attached hydrogens (primary N) is 1. The van der Waals surface area contributed by atoms with Gasteiger partial charge in [-0.3, -0.25) is 0 Å². The molecule has 0 bridgehead atoms. The van der Waals surface area contributed by atoms with Gasteiger partial charge in [-0.1, -0.05) is 33.1 Å². The number of rotatable bonds is 2. The number of aliphatic hydroxyl groups is 1. The molecule has 4 N–H and O–H groups in total. The van der Waals surface area contributed by atoms with Crippen LogP contribution in [0.1, 0.15) is 46.0 Å². The number of hydrogen-bond acceptors (Lipinski definition) is 3. The van der Waals surface area contributed by atoms with Gasteiger partial charge in [0, 0.05) is 12.6 Å². The molecule has 0 aromatic heterocycles. The summed E-state index contributed by atoms with van der Waals surface area (Å²) in [6.45, 7) is 4.47. The van der Waals surface area contributed by atoms with Crippen LogP contribution in [-0.2, 0) is 0 Å². The van der Waals surface area contributed by atoms with Gasteiger partial charge in [0.2, 0.25) is 0 Å². The van der Waals surface area contributed by atoms with E-state index in [1.54, 1.807) is 0 Å². The van der Waals surface area contributed by atoms with Gasteiger partial charge >= 0.3 is 0 Å². The smallest absolute Gasteiger partial charge is 0.0553 e. The average molecular weight is 204 g/mol. The summed E-state index contributed by atoms with van der Waals surface area (Å²) in [5.74, 6) is 0. The van der Waals surface area contributed by atoms with Crippen LogP contribution in [0.25, 0.3) is 0 Å². The molecule has 88 valence electrons. The van der Waals surface area contributed by atoms with Gasteiger partial charge in [0.05, 0.1) is 6.61 Å². The maximum Gasteiger partial charge on any atom is 0.0553 e. The molecule has 0 spiro atoms. The van der Waals surface area contributed by atoms with Crippen LogP contribution < -0.4 is 11.1 Å². The first-order chi connectivity index (χ1) is 6.85. The highest BCUT2D eigenvalue weighted by molar-refractivity contribution is 4.68. The molecule has 1 aliphatic rings. The highest BCUT2D eigenvalue weighted by Crippen LogP contribution is 2.16. The van der Waals surface area contributed by atoms with Crippen LogP contribution in [0.4, 0.5) is 0 Å². The molecule has 0 radical (unpaired) electrons. The molecule has 3 heteroatoms. The lowest BCUT2D eigenvalue weighted by atomic mass is 9.96. The highest BCUT2D eigenvalue weighted by Gasteiger charge is 2.09. The van der Waals surface area contributed by atoms with Crippen molar-refractivity contribution in [3.63, 3.8) is 0 Å². The standard InChI is InChI=1S/C7H15N.C2H7NO.C2H6/c1-8-7-5-3-2-4-6-7;3-1-2-4;1-2/h7-8H,2-6H2,1H3;4H,1-3H2;1-2H3. The summed E-state index contributed by atoms with van der Waals surface area (Å²) < 4.78 is 0. The zero-order valence-corrected chi connectivity index (χ0v) is 10.1. The predicted molar refractivity (Wildman–Crippen MR) is 63.4 cm³/mol. The Kier molecular flexibility index (Phi) is 17.9. The zero-order chi connectivity index (χ0) is 11.2. The molecule has 0 aromatic rings. The summed E-state index contributed by atoms with van der Waals surface area (Å²) in [6.07, 6.45) is 7.13. The van der Waals surface area contributed by atoms with E-state index < -0.39 is 0 Å². The number of hydrogen-bond donors (Lipinski definition) is 3. The predicted octanol–water partition coefficient (Wildman–Crippen LogP) is 1.50. The SMILES string of the molecule is CC.CNC1CCCCC1.NCCO. The second-order valence-electron chi connectivity index (χ2n) is 3.14. The van der Waals surface area contributed by atoms with Crippen LogP contribution >= 0.6 is 0 Å². The Bertz CT molecular complexity index is 81.4.